The van der Waals surface area contributed by atoms with Gasteiger partial charge in [0.15, 0.2) is 11.5 Å². The second kappa shape index (κ2) is 10.1. The number of ether oxygens (including phenoxy) is 2. The number of hydrogen-bond donors (Lipinski definition) is 1. The van der Waals surface area contributed by atoms with Gasteiger partial charge in [0.05, 0.1) is 19.4 Å². The summed E-state index contributed by atoms with van der Waals surface area (Å²) in [6, 6.07) is 13.3. The van der Waals surface area contributed by atoms with E-state index in [0.717, 1.165) is 23.2 Å². The van der Waals surface area contributed by atoms with E-state index < -0.39 is 0 Å². The number of rotatable bonds is 9. The van der Waals surface area contributed by atoms with Crippen molar-refractivity contribution in [2.75, 3.05) is 13.7 Å². The van der Waals surface area contributed by atoms with Gasteiger partial charge in [0.25, 0.3) is 0 Å². The zero-order chi connectivity index (χ0) is 20.5. The maximum Gasteiger partial charge on any atom is 0.244 e. The van der Waals surface area contributed by atoms with Crippen LogP contribution in [0.2, 0.25) is 0 Å². The van der Waals surface area contributed by atoms with E-state index in [1.165, 1.54) is 12.4 Å². The number of nitrogens with zero attached hydrogens (tertiary/aromatic N) is 3. The van der Waals surface area contributed by atoms with Crippen LogP contribution >= 0.6 is 0 Å². The Kier molecular flexibility index (Phi) is 7.00. The normalized spacial score (nSPS) is 10.8. The van der Waals surface area contributed by atoms with Crippen LogP contribution in [0.3, 0.4) is 0 Å². The molecule has 0 saturated carbocycles. The summed E-state index contributed by atoms with van der Waals surface area (Å²) >= 11 is 0. The van der Waals surface area contributed by atoms with Gasteiger partial charge >= 0.3 is 0 Å². The fourth-order valence-corrected chi connectivity index (χ4v) is 2.65. The topological polar surface area (TPSA) is 78.3 Å². The fourth-order valence-electron chi connectivity index (χ4n) is 2.65. The van der Waals surface area contributed by atoms with E-state index >= 15 is 0 Å². The number of nitrogens with one attached hydrogen (secondary N) is 1. The summed E-state index contributed by atoms with van der Waals surface area (Å²) in [4.78, 5) is 16.1. The van der Waals surface area contributed by atoms with Crippen molar-refractivity contribution in [3.8, 4) is 17.2 Å². The van der Waals surface area contributed by atoms with Gasteiger partial charge in [-0.15, -0.1) is 0 Å². The van der Waals surface area contributed by atoms with Gasteiger partial charge in [-0.1, -0.05) is 25.1 Å². The Labute approximate surface area is 170 Å². The number of benzene rings is 2. The summed E-state index contributed by atoms with van der Waals surface area (Å²) in [5, 5.41) is 6.96. The Morgan fingerprint density at radius 3 is 2.69 bits per heavy atom. The Morgan fingerprint density at radius 1 is 1.17 bits per heavy atom. The van der Waals surface area contributed by atoms with E-state index in [1.54, 1.807) is 24.2 Å². The van der Waals surface area contributed by atoms with Crippen molar-refractivity contribution < 1.29 is 14.3 Å². The molecule has 0 atom stereocenters. The largest absolute Gasteiger partial charge is 0.493 e. The average molecular weight is 392 g/mol. The van der Waals surface area contributed by atoms with Gasteiger partial charge in [0.2, 0.25) is 5.91 Å². The molecule has 2 aromatic carbocycles. The minimum atomic E-state index is -0.171. The second-order valence-corrected chi connectivity index (χ2v) is 6.32. The molecule has 3 rings (SSSR count). The highest BCUT2D eigenvalue weighted by Gasteiger charge is 2.05. The van der Waals surface area contributed by atoms with E-state index in [-0.39, 0.29) is 5.91 Å². The molecular formula is C22H24N4O3. The molecule has 0 unspecified atom stereocenters. The summed E-state index contributed by atoms with van der Waals surface area (Å²) in [7, 11) is 1.60. The number of aromatic nitrogens is 3. The van der Waals surface area contributed by atoms with Crippen LogP contribution in [0.5, 0.6) is 11.5 Å². The van der Waals surface area contributed by atoms with Crippen LogP contribution in [0.15, 0.2) is 61.2 Å². The third-order valence-corrected chi connectivity index (χ3v) is 4.16. The molecule has 1 N–H and O–H groups in total. The molecule has 7 nitrogen and oxygen atoms in total. The first-order valence-electron chi connectivity index (χ1n) is 9.40. The molecule has 29 heavy (non-hydrogen) atoms. The molecule has 150 valence electrons. The van der Waals surface area contributed by atoms with Gasteiger partial charge in [-0.3, -0.25) is 4.79 Å². The first-order chi connectivity index (χ1) is 14.2. The smallest absolute Gasteiger partial charge is 0.244 e. The lowest BCUT2D eigenvalue weighted by atomic mass is 10.2. The summed E-state index contributed by atoms with van der Waals surface area (Å²) < 4.78 is 12.7. The van der Waals surface area contributed by atoms with Gasteiger partial charge < -0.3 is 14.8 Å². The third kappa shape index (κ3) is 5.68. The standard InChI is InChI=1S/C22H24N4O3/c1-3-12-29-20-10-6-17(13-21(20)28-2)7-11-22(27)24-14-18-4-8-19(9-5-18)26-16-23-15-25-26/h4-11,13,15-16H,3,12,14H2,1-2H3,(H,24,27). The van der Waals surface area contributed by atoms with Gasteiger partial charge in [0.1, 0.15) is 12.7 Å². The van der Waals surface area contributed by atoms with Crippen LogP contribution in [-0.2, 0) is 11.3 Å². The molecule has 0 fully saturated rings. The molecule has 7 heteroatoms. The van der Waals surface area contributed by atoms with Gasteiger partial charge in [-0.2, -0.15) is 5.10 Å². The predicted octanol–water partition coefficient (Wildman–Crippen LogP) is 3.39. The van der Waals surface area contributed by atoms with Crippen molar-refractivity contribution in [1.82, 2.24) is 20.1 Å². The van der Waals surface area contributed by atoms with E-state index in [4.69, 9.17) is 9.47 Å². The van der Waals surface area contributed by atoms with Crippen LogP contribution in [0.25, 0.3) is 11.8 Å². The SMILES string of the molecule is CCCOc1ccc(C=CC(=O)NCc2ccc(-n3cncn3)cc2)cc1OC. The number of carbonyl (C=O) groups is 1. The molecule has 0 saturated heterocycles. The monoisotopic (exact) mass is 392 g/mol. The van der Waals surface area contributed by atoms with Crippen molar-refractivity contribution in [3.05, 3.63) is 72.3 Å². The van der Waals surface area contributed by atoms with Crippen molar-refractivity contribution in [2.24, 2.45) is 0 Å². The molecule has 0 bridgehead atoms. The Balaban J connectivity index is 1.54. The summed E-state index contributed by atoms with van der Waals surface area (Å²) in [5.74, 6) is 1.18. The predicted molar refractivity (Wildman–Crippen MR) is 111 cm³/mol. The Hall–Kier alpha value is -3.61. The minimum absolute atomic E-state index is 0.171. The number of amides is 1. The minimum Gasteiger partial charge on any atom is -0.493 e. The average Bonchev–Trinajstić information content (AvgIpc) is 3.30. The number of hydrogen-bond acceptors (Lipinski definition) is 5. The first-order valence-corrected chi connectivity index (χ1v) is 9.40. The summed E-state index contributed by atoms with van der Waals surface area (Å²) in [6.45, 7) is 3.12. The van der Waals surface area contributed by atoms with E-state index in [2.05, 4.69) is 15.4 Å². The molecule has 1 amide bonds. The van der Waals surface area contributed by atoms with Gasteiger partial charge in [-0.25, -0.2) is 9.67 Å². The fraction of sp³-hybridized carbons (Fsp3) is 0.227. The van der Waals surface area contributed by atoms with Gasteiger partial charge in [0, 0.05) is 12.6 Å². The summed E-state index contributed by atoms with van der Waals surface area (Å²) in [6.07, 6.45) is 7.30. The molecule has 3 aromatic rings. The molecule has 0 aliphatic heterocycles. The molecule has 0 aliphatic carbocycles. The Bertz CT molecular complexity index is 951. The number of carbonyl (C=O) groups excluding carboxylic acids is 1. The highest BCUT2D eigenvalue weighted by atomic mass is 16.5. The lowest BCUT2D eigenvalue weighted by Gasteiger charge is -2.10. The molecule has 0 spiro atoms. The maximum absolute atomic E-state index is 12.1. The lowest BCUT2D eigenvalue weighted by molar-refractivity contribution is -0.116. The summed E-state index contributed by atoms with van der Waals surface area (Å²) in [5.41, 5.74) is 2.77. The quantitative estimate of drug-likeness (QED) is 0.565. The zero-order valence-corrected chi connectivity index (χ0v) is 16.5. The van der Waals surface area contributed by atoms with Crippen LogP contribution < -0.4 is 14.8 Å². The van der Waals surface area contributed by atoms with Crippen LogP contribution in [0.1, 0.15) is 24.5 Å². The maximum atomic E-state index is 12.1. The lowest BCUT2D eigenvalue weighted by Crippen LogP contribution is -2.20. The van der Waals surface area contributed by atoms with Crippen LogP contribution in [-0.4, -0.2) is 34.4 Å². The molecule has 1 aromatic heterocycles. The third-order valence-electron chi connectivity index (χ3n) is 4.16. The van der Waals surface area contributed by atoms with Crippen molar-refractivity contribution in [1.29, 1.82) is 0 Å². The van der Waals surface area contributed by atoms with Crippen LogP contribution in [0.4, 0.5) is 0 Å². The van der Waals surface area contributed by atoms with Crippen molar-refractivity contribution in [3.63, 3.8) is 0 Å². The molecule has 1 heterocycles. The number of methoxy groups -OCH3 is 1. The van der Waals surface area contributed by atoms with E-state index in [9.17, 15) is 4.79 Å². The zero-order valence-electron chi connectivity index (χ0n) is 16.5. The van der Waals surface area contributed by atoms with E-state index in [1.807, 2.05) is 49.4 Å². The Morgan fingerprint density at radius 2 is 2.00 bits per heavy atom. The molecular weight excluding hydrogens is 368 g/mol. The van der Waals surface area contributed by atoms with E-state index in [0.29, 0.717) is 24.7 Å². The van der Waals surface area contributed by atoms with Crippen molar-refractivity contribution >= 4 is 12.0 Å². The van der Waals surface area contributed by atoms with Crippen molar-refractivity contribution in [2.45, 2.75) is 19.9 Å². The highest BCUT2D eigenvalue weighted by molar-refractivity contribution is 5.91. The molecule has 0 aliphatic rings. The van der Waals surface area contributed by atoms with Crippen LogP contribution in [0, 0.1) is 0 Å². The van der Waals surface area contributed by atoms with Gasteiger partial charge in [-0.05, 0) is 47.9 Å². The molecule has 0 radical (unpaired) electrons. The first kappa shape index (κ1) is 20.1. The second-order valence-electron chi connectivity index (χ2n) is 6.32. The highest BCUT2D eigenvalue weighted by Crippen LogP contribution is 2.28.